The number of carbonyl (C=O) groups is 1. The zero-order valence-corrected chi connectivity index (χ0v) is 10.2. The molecule has 0 heterocycles. The quantitative estimate of drug-likeness (QED) is 0.619. The average molecular weight is 249 g/mol. The zero-order valence-electron chi connectivity index (χ0n) is 10.2. The number of nitrogens with two attached hydrogens (primary N) is 1. The summed E-state index contributed by atoms with van der Waals surface area (Å²) in [5, 5.41) is 14.6. The van der Waals surface area contributed by atoms with Crippen LogP contribution in [0.1, 0.15) is 25.7 Å². The Bertz CT molecular complexity index is 414. The summed E-state index contributed by atoms with van der Waals surface area (Å²) >= 11 is 0. The highest BCUT2D eigenvalue weighted by atomic mass is 16.4. The van der Waals surface area contributed by atoms with Gasteiger partial charge >= 0.3 is 6.09 Å². The minimum Gasteiger partial charge on any atom is -0.465 e. The van der Waals surface area contributed by atoms with Crippen LogP contribution in [0.3, 0.4) is 0 Å². The highest BCUT2D eigenvalue weighted by Gasteiger charge is 2.22. The Labute approximate surface area is 106 Å². The molecule has 0 atom stereocenters. The molecule has 0 aliphatic heterocycles. The second-order valence-corrected chi connectivity index (χ2v) is 4.73. The van der Waals surface area contributed by atoms with Gasteiger partial charge in [0.25, 0.3) is 0 Å². The molecule has 98 valence electrons. The molecule has 0 saturated heterocycles. The number of benzene rings is 1. The molecular weight excluding hydrogens is 230 g/mol. The Kier molecular flexibility index (Phi) is 3.92. The van der Waals surface area contributed by atoms with E-state index in [0.717, 1.165) is 37.1 Å². The summed E-state index contributed by atoms with van der Waals surface area (Å²) in [5.74, 6) is 0. The fraction of sp³-hybridized carbons (Fsp3) is 0.462. The minimum absolute atomic E-state index is 0.0914. The van der Waals surface area contributed by atoms with E-state index in [9.17, 15) is 4.79 Å². The standard InChI is InChI=1S/C13H19N3O2/c14-11-3-1-2-4-12(11)15-9-5-7-10(8-6-9)16-13(17)18/h1-4,9-10,15-16H,5-8,14H2,(H,17,18). The molecule has 0 spiro atoms. The summed E-state index contributed by atoms with van der Waals surface area (Å²) in [4.78, 5) is 10.5. The van der Waals surface area contributed by atoms with Crippen LogP contribution in [0.25, 0.3) is 0 Å². The van der Waals surface area contributed by atoms with Gasteiger partial charge in [-0.1, -0.05) is 12.1 Å². The van der Waals surface area contributed by atoms with Gasteiger partial charge in [-0.15, -0.1) is 0 Å². The maximum atomic E-state index is 10.5. The molecule has 1 fully saturated rings. The Morgan fingerprint density at radius 3 is 2.39 bits per heavy atom. The van der Waals surface area contributed by atoms with Gasteiger partial charge in [0.1, 0.15) is 0 Å². The highest BCUT2D eigenvalue weighted by molar-refractivity contribution is 5.66. The molecule has 0 bridgehead atoms. The SMILES string of the molecule is Nc1ccccc1NC1CCC(NC(=O)O)CC1. The van der Waals surface area contributed by atoms with E-state index >= 15 is 0 Å². The van der Waals surface area contributed by atoms with Crippen molar-refractivity contribution in [1.29, 1.82) is 0 Å². The normalized spacial score (nSPS) is 23.3. The number of hydrogen-bond donors (Lipinski definition) is 4. The third-order valence-corrected chi connectivity index (χ3v) is 3.38. The van der Waals surface area contributed by atoms with Gasteiger partial charge in [-0.25, -0.2) is 4.79 Å². The van der Waals surface area contributed by atoms with Gasteiger partial charge in [0.05, 0.1) is 11.4 Å². The predicted molar refractivity (Wildman–Crippen MR) is 71.7 cm³/mol. The fourth-order valence-electron chi connectivity index (χ4n) is 2.41. The fourth-order valence-corrected chi connectivity index (χ4v) is 2.41. The molecule has 1 aliphatic carbocycles. The maximum absolute atomic E-state index is 10.5. The van der Waals surface area contributed by atoms with E-state index in [1.54, 1.807) is 0 Å². The van der Waals surface area contributed by atoms with Gasteiger partial charge in [0, 0.05) is 12.1 Å². The minimum atomic E-state index is -0.932. The number of carboxylic acid groups (broad SMARTS) is 1. The number of anilines is 2. The smallest absolute Gasteiger partial charge is 0.404 e. The first-order chi connectivity index (χ1) is 8.65. The Hall–Kier alpha value is -1.91. The molecule has 1 saturated carbocycles. The van der Waals surface area contributed by atoms with Crippen molar-refractivity contribution < 1.29 is 9.90 Å². The molecular formula is C13H19N3O2. The zero-order chi connectivity index (χ0) is 13.0. The van der Waals surface area contributed by atoms with E-state index < -0.39 is 6.09 Å². The van der Waals surface area contributed by atoms with Gasteiger partial charge in [-0.2, -0.15) is 0 Å². The lowest BCUT2D eigenvalue weighted by atomic mass is 9.91. The summed E-state index contributed by atoms with van der Waals surface area (Å²) in [6.07, 6.45) is 2.73. The summed E-state index contributed by atoms with van der Waals surface area (Å²) in [6, 6.07) is 8.18. The second kappa shape index (κ2) is 5.62. The lowest BCUT2D eigenvalue weighted by Crippen LogP contribution is -2.39. The lowest BCUT2D eigenvalue weighted by Gasteiger charge is -2.29. The van der Waals surface area contributed by atoms with Crippen LogP contribution in [0.15, 0.2) is 24.3 Å². The lowest BCUT2D eigenvalue weighted by molar-refractivity contribution is 0.185. The van der Waals surface area contributed by atoms with Crippen LogP contribution in [0, 0.1) is 0 Å². The molecule has 5 N–H and O–H groups in total. The molecule has 18 heavy (non-hydrogen) atoms. The van der Waals surface area contributed by atoms with Crippen LogP contribution in [0.4, 0.5) is 16.2 Å². The van der Waals surface area contributed by atoms with Gasteiger partial charge in [0.2, 0.25) is 0 Å². The van der Waals surface area contributed by atoms with E-state index in [2.05, 4.69) is 10.6 Å². The molecule has 0 aromatic heterocycles. The van der Waals surface area contributed by atoms with E-state index in [1.807, 2.05) is 24.3 Å². The Morgan fingerprint density at radius 2 is 1.78 bits per heavy atom. The number of hydrogen-bond acceptors (Lipinski definition) is 3. The molecule has 5 heteroatoms. The van der Waals surface area contributed by atoms with E-state index in [4.69, 9.17) is 10.8 Å². The number of para-hydroxylation sites is 2. The molecule has 2 rings (SSSR count). The second-order valence-electron chi connectivity index (χ2n) is 4.73. The van der Waals surface area contributed by atoms with Crippen molar-refractivity contribution in [3.05, 3.63) is 24.3 Å². The van der Waals surface area contributed by atoms with Crippen LogP contribution in [0.5, 0.6) is 0 Å². The topological polar surface area (TPSA) is 87.4 Å². The van der Waals surface area contributed by atoms with Crippen LogP contribution < -0.4 is 16.4 Å². The van der Waals surface area contributed by atoms with Crippen molar-refractivity contribution >= 4 is 17.5 Å². The molecule has 1 aromatic carbocycles. The summed E-state index contributed by atoms with van der Waals surface area (Å²) in [6.45, 7) is 0. The average Bonchev–Trinajstić information content (AvgIpc) is 2.34. The van der Waals surface area contributed by atoms with E-state index in [1.165, 1.54) is 0 Å². The third kappa shape index (κ3) is 3.29. The van der Waals surface area contributed by atoms with E-state index in [-0.39, 0.29) is 6.04 Å². The summed E-state index contributed by atoms with van der Waals surface area (Å²) in [5.41, 5.74) is 7.60. The summed E-state index contributed by atoms with van der Waals surface area (Å²) in [7, 11) is 0. The van der Waals surface area contributed by atoms with Gasteiger partial charge < -0.3 is 21.5 Å². The van der Waals surface area contributed by atoms with Crippen LogP contribution in [-0.2, 0) is 0 Å². The maximum Gasteiger partial charge on any atom is 0.404 e. The van der Waals surface area contributed by atoms with Crippen molar-refractivity contribution in [2.75, 3.05) is 11.1 Å². The Morgan fingerprint density at radius 1 is 1.17 bits per heavy atom. The van der Waals surface area contributed by atoms with Crippen LogP contribution >= 0.6 is 0 Å². The predicted octanol–water partition coefficient (Wildman–Crippen LogP) is 2.26. The van der Waals surface area contributed by atoms with Crippen LogP contribution in [-0.4, -0.2) is 23.3 Å². The molecule has 0 unspecified atom stereocenters. The number of amides is 1. The molecule has 5 nitrogen and oxygen atoms in total. The Balaban J connectivity index is 1.84. The van der Waals surface area contributed by atoms with Crippen LogP contribution in [0.2, 0.25) is 0 Å². The van der Waals surface area contributed by atoms with Crippen molar-refractivity contribution in [2.45, 2.75) is 37.8 Å². The largest absolute Gasteiger partial charge is 0.465 e. The van der Waals surface area contributed by atoms with Gasteiger partial charge in [0.15, 0.2) is 0 Å². The van der Waals surface area contributed by atoms with Gasteiger partial charge in [-0.05, 0) is 37.8 Å². The third-order valence-electron chi connectivity index (χ3n) is 3.38. The first-order valence-corrected chi connectivity index (χ1v) is 6.25. The van der Waals surface area contributed by atoms with Crippen molar-refractivity contribution in [3.63, 3.8) is 0 Å². The summed E-state index contributed by atoms with van der Waals surface area (Å²) < 4.78 is 0. The first-order valence-electron chi connectivity index (χ1n) is 6.25. The highest BCUT2D eigenvalue weighted by Crippen LogP contribution is 2.25. The first kappa shape index (κ1) is 12.5. The van der Waals surface area contributed by atoms with Crippen molar-refractivity contribution in [2.24, 2.45) is 0 Å². The molecule has 1 amide bonds. The van der Waals surface area contributed by atoms with Crippen molar-refractivity contribution in [3.8, 4) is 0 Å². The van der Waals surface area contributed by atoms with Crippen molar-refractivity contribution in [1.82, 2.24) is 5.32 Å². The number of nitrogen functional groups attached to an aromatic ring is 1. The number of nitrogens with one attached hydrogen (secondary N) is 2. The molecule has 1 aliphatic rings. The molecule has 0 radical (unpaired) electrons. The van der Waals surface area contributed by atoms with Gasteiger partial charge in [-0.3, -0.25) is 0 Å². The van der Waals surface area contributed by atoms with E-state index in [0.29, 0.717) is 6.04 Å². The molecule has 1 aromatic rings. The number of rotatable bonds is 3. The monoisotopic (exact) mass is 249 g/mol.